The summed E-state index contributed by atoms with van der Waals surface area (Å²) in [6.07, 6.45) is 2.34. The quantitative estimate of drug-likeness (QED) is 0.777. The number of thiocarbonyl (C=S) groups is 1. The van der Waals surface area contributed by atoms with Crippen molar-refractivity contribution >= 4 is 34.8 Å². The zero-order valence-electron chi connectivity index (χ0n) is 16.0. The van der Waals surface area contributed by atoms with Gasteiger partial charge in [0.2, 0.25) is 5.91 Å². The number of nitrogens with zero attached hydrogens (tertiary/aromatic N) is 1. The Morgan fingerprint density at radius 2 is 1.79 bits per heavy atom. The smallest absolute Gasteiger partial charge is 0.253 e. The predicted octanol–water partition coefficient (Wildman–Crippen LogP) is 3.61. The van der Waals surface area contributed by atoms with Gasteiger partial charge in [-0.3, -0.25) is 9.59 Å². The molecule has 1 aliphatic rings. The number of rotatable bonds is 4. The first-order chi connectivity index (χ1) is 13.5. The fourth-order valence-electron chi connectivity index (χ4n) is 3.24. The zero-order valence-corrected chi connectivity index (χ0v) is 16.8. The Morgan fingerprint density at radius 3 is 2.50 bits per heavy atom. The Kier molecular flexibility index (Phi) is 6.76. The SMILES string of the molecule is CC1CCN(C(=O)c2cccc(NC(=S)NC(=O)Cc3ccccc3)c2)CC1. The number of likely N-dealkylation sites (tertiary alicyclic amines) is 1. The van der Waals surface area contributed by atoms with Gasteiger partial charge in [-0.05, 0) is 54.7 Å². The second-order valence-electron chi connectivity index (χ2n) is 7.22. The molecule has 2 N–H and O–H groups in total. The molecule has 2 aromatic carbocycles. The molecule has 3 rings (SSSR count). The molecule has 0 saturated carbocycles. The number of carbonyl (C=O) groups excluding carboxylic acids is 2. The topological polar surface area (TPSA) is 61.4 Å². The van der Waals surface area contributed by atoms with Crippen molar-refractivity contribution in [2.75, 3.05) is 18.4 Å². The molecule has 0 radical (unpaired) electrons. The predicted molar refractivity (Wildman–Crippen MR) is 115 cm³/mol. The minimum Gasteiger partial charge on any atom is -0.339 e. The largest absolute Gasteiger partial charge is 0.339 e. The number of carbonyl (C=O) groups is 2. The van der Waals surface area contributed by atoms with Gasteiger partial charge in [0, 0.05) is 24.3 Å². The van der Waals surface area contributed by atoms with E-state index in [0.29, 0.717) is 17.2 Å². The van der Waals surface area contributed by atoms with Crippen LogP contribution < -0.4 is 10.6 Å². The molecule has 5 nitrogen and oxygen atoms in total. The summed E-state index contributed by atoms with van der Waals surface area (Å²) < 4.78 is 0. The normalized spacial score (nSPS) is 14.4. The van der Waals surface area contributed by atoms with Crippen LogP contribution in [0.4, 0.5) is 5.69 Å². The Balaban J connectivity index is 1.55. The molecule has 0 aliphatic carbocycles. The van der Waals surface area contributed by atoms with E-state index in [4.69, 9.17) is 12.2 Å². The van der Waals surface area contributed by atoms with Crippen LogP contribution in [0.15, 0.2) is 54.6 Å². The van der Waals surface area contributed by atoms with Crippen LogP contribution in [0.2, 0.25) is 0 Å². The average Bonchev–Trinajstić information content (AvgIpc) is 2.69. The lowest BCUT2D eigenvalue weighted by Gasteiger charge is -2.30. The second-order valence-corrected chi connectivity index (χ2v) is 7.63. The lowest BCUT2D eigenvalue weighted by Crippen LogP contribution is -2.38. The highest BCUT2D eigenvalue weighted by molar-refractivity contribution is 7.80. The molecule has 0 spiro atoms. The summed E-state index contributed by atoms with van der Waals surface area (Å²) in [5.74, 6) is 0.530. The molecule has 0 atom stereocenters. The molecule has 0 unspecified atom stereocenters. The minimum atomic E-state index is -0.182. The zero-order chi connectivity index (χ0) is 19.9. The third-order valence-corrected chi connectivity index (χ3v) is 5.10. The van der Waals surface area contributed by atoms with Gasteiger partial charge in [-0.2, -0.15) is 0 Å². The van der Waals surface area contributed by atoms with Crippen molar-refractivity contribution in [2.24, 2.45) is 5.92 Å². The van der Waals surface area contributed by atoms with Crippen LogP contribution in [-0.2, 0) is 11.2 Å². The van der Waals surface area contributed by atoms with E-state index >= 15 is 0 Å². The van der Waals surface area contributed by atoms with Gasteiger partial charge in [0.1, 0.15) is 0 Å². The maximum absolute atomic E-state index is 12.7. The van der Waals surface area contributed by atoms with Gasteiger partial charge in [-0.15, -0.1) is 0 Å². The first-order valence-corrected chi connectivity index (χ1v) is 9.96. The summed E-state index contributed by atoms with van der Waals surface area (Å²) >= 11 is 5.24. The van der Waals surface area contributed by atoms with Gasteiger partial charge in [0.15, 0.2) is 5.11 Å². The van der Waals surface area contributed by atoms with Crippen molar-refractivity contribution in [1.82, 2.24) is 10.2 Å². The van der Waals surface area contributed by atoms with Crippen LogP contribution in [-0.4, -0.2) is 34.9 Å². The van der Waals surface area contributed by atoms with Crippen LogP contribution in [0.5, 0.6) is 0 Å². The van der Waals surface area contributed by atoms with Crippen molar-refractivity contribution in [3.8, 4) is 0 Å². The monoisotopic (exact) mass is 395 g/mol. The minimum absolute atomic E-state index is 0.0366. The molecular formula is C22H25N3O2S. The Labute approximate surface area is 171 Å². The summed E-state index contributed by atoms with van der Waals surface area (Å²) in [7, 11) is 0. The van der Waals surface area contributed by atoms with E-state index in [2.05, 4.69) is 17.6 Å². The summed E-state index contributed by atoms with van der Waals surface area (Å²) in [5.41, 5.74) is 2.23. The number of hydrogen-bond acceptors (Lipinski definition) is 3. The van der Waals surface area contributed by atoms with E-state index in [9.17, 15) is 9.59 Å². The van der Waals surface area contributed by atoms with Crippen molar-refractivity contribution < 1.29 is 9.59 Å². The first-order valence-electron chi connectivity index (χ1n) is 9.55. The Morgan fingerprint density at radius 1 is 1.07 bits per heavy atom. The Bertz CT molecular complexity index is 846. The maximum atomic E-state index is 12.7. The third-order valence-electron chi connectivity index (χ3n) is 4.90. The van der Waals surface area contributed by atoms with E-state index in [1.165, 1.54) is 0 Å². The molecule has 2 aromatic rings. The fraction of sp³-hybridized carbons (Fsp3) is 0.318. The summed E-state index contributed by atoms with van der Waals surface area (Å²) in [6, 6.07) is 16.7. The summed E-state index contributed by atoms with van der Waals surface area (Å²) in [6.45, 7) is 3.82. The molecular weight excluding hydrogens is 370 g/mol. The Hall–Kier alpha value is -2.73. The van der Waals surface area contributed by atoms with Crippen LogP contribution in [0.25, 0.3) is 0 Å². The average molecular weight is 396 g/mol. The molecule has 2 amide bonds. The molecule has 6 heteroatoms. The van der Waals surface area contributed by atoms with Gasteiger partial charge >= 0.3 is 0 Å². The number of nitrogens with one attached hydrogen (secondary N) is 2. The summed E-state index contributed by atoms with van der Waals surface area (Å²) in [4.78, 5) is 26.7. The molecule has 0 aromatic heterocycles. The van der Waals surface area contributed by atoms with Gasteiger partial charge < -0.3 is 15.5 Å². The molecule has 1 saturated heterocycles. The number of hydrogen-bond donors (Lipinski definition) is 2. The van der Waals surface area contributed by atoms with Crippen molar-refractivity contribution in [1.29, 1.82) is 0 Å². The third kappa shape index (κ3) is 5.63. The van der Waals surface area contributed by atoms with E-state index in [1.54, 1.807) is 6.07 Å². The van der Waals surface area contributed by atoms with Crippen LogP contribution in [0, 0.1) is 5.92 Å². The number of anilines is 1. The van der Waals surface area contributed by atoms with Crippen molar-refractivity contribution in [2.45, 2.75) is 26.2 Å². The van der Waals surface area contributed by atoms with E-state index < -0.39 is 0 Å². The lowest BCUT2D eigenvalue weighted by molar-refractivity contribution is -0.119. The highest BCUT2D eigenvalue weighted by Gasteiger charge is 2.21. The molecule has 28 heavy (non-hydrogen) atoms. The molecule has 1 fully saturated rings. The van der Waals surface area contributed by atoms with E-state index in [-0.39, 0.29) is 23.3 Å². The molecule has 146 valence electrons. The maximum Gasteiger partial charge on any atom is 0.253 e. The van der Waals surface area contributed by atoms with Crippen LogP contribution >= 0.6 is 12.2 Å². The molecule has 1 aliphatic heterocycles. The number of piperidine rings is 1. The van der Waals surface area contributed by atoms with Gasteiger partial charge in [0.05, 0.1) is 6.42 Å². The lowest BCUT2D eigenvalue weighted by atomic mass is 9.98. The summed E-state index contributed by atoms with van der Waals surface area (Å²) in [5, 5.41) is 5.89. The standard InChI is InChI=1S/C22H25N3O2S/c1-16-10-12-25(13-11-16)21(27)18-8-5-9-19(15-18)23-22(28)24-20(26)14-17-6-3-2-4-7-17/h2-9,15-16H,10-14H2,1H3,(H2,23,24,26,28). The second kappa shape index (κ2) is 9.46. The van der Waals surface area contributed by atoms with Gasteiger partial charge in [0.25, 0.3) is 5.91 Å². The number of amides is 2. The fourth-order valence-corrected chi connectivity index (χ4v) is 3.47. The van der Waals surface area contributed by atoms with Gasteiger partial charge in [-0.1, -0.05) is 43.3 Å². The molecule has 1 heterocycles. The van der Waals surface area contributed by atoms with Gasteiger partial charge in [-0.25, -0.2) is 0 Å². The van der Waals surface area contributed by atoms with Crippen LogP contribution in [0.3, 0.4) is 0 Å². The molecule has 0 bridgehead atoms. The van der Waals surface area contributed by atoms with E-state index in [0.717, 1.165) is 31.5 Å². The highest BCUT2D eigenvalue weighted by atomic mass is 32.1. The number of benzene rings is 2. The van der Waals surface area contributed by atoms with Crippen LogP contribution in [0.1, 0.15) is 35.7 Å². The van der Waals surface area contributed by atoms with Crippen molar-refractivity contribution in [3.63, 3.8) is 0 Å². The van der Waals surface area contributed by atoms with E-state index in [1.807, 2.05) is 53.4 Å². The highest BCUT2D eigenvalue weighted by Crippen LogP contribution is 2.19. The van der Waals surface area contributed by atoms with Crippen molar-refractivity contribution in [3.05, 3.63) is 65.7 Å². The first kappa shape index (κ1) is 20.0.